The molecule has 3 N–H and O–H groups in total. The SMILES string of the molecule is O=C(OCc1csc2nc(C(=O)O)[nH]c(=O)c12)c1ccc(CO)cc1. The molecule has 0 atom stereocenters. The van der Waals surface area contributed by atoms with Crippen molar-refractivity contribution in [1.82, 2.24) is 9.97 Å². The van der Waals surface area contributed by atoms with E-state index in [0.29, 0.717) is 16.7 Å². The van der Waals surface area contributed by atoms with E-state index in [9.17, 15) is 14.4 Å². The molecule has 0 amide bonds. The monoisotopic (exact) mass is 360 g/mol. The fourth-order valence-electron chi connectivity index (χ4n) is 2.19. The summed E-state index contributed by atoms with van der Waals surface area (Å²) in [7, 11) is 0. The number of aliphatic hydroxyl groups is 1. The molecule has 3 aromatic rings. The van der Waals surface area contributed by atoms with Crippen LogP contribution in [0.5, 0.6) is 0 Å². The summed E-state index contributed by atoms with van der Waals surface area (Å²) in [4.78, 5) is 41.3. The molecular formula is C16H12N2O6S. The number of aromatic amines is 1. The van der Waals surface area contributed by atoms with Gasteiger partial charge >= 0.3 is 11.9 Å². The number of ether oxygens (including phenoxy) is 1. The molecule has 128 valence electrons. The van der Waals surface area contributed by atoms with Gasteiger partial charge in [0, 0.05) is 10.9 Å². The van der Waals surface area contributed by atoms with E-state index < -0.39 is 23.3 Å². The highest BCUT2D eigenvalue weighted by Crippen LogP contribution is 2.22. The van der Waals surface area contributed by atoms with E-state index in [1.165, 1.54) is 12.1 Å². The molecule has 0 unspecified atom stereocenters. The van der Waals surface area contributed by atoms with E-state index in [-0.39, 0.29) is 23.4 Å². The molecule has 0 spiro atoms. The number of carbonyl (C=O) groups excluding carboxylic acids is 1. The summed E-state index contributed by atoms with van der Waals surface area (Å²) < 4.78 is 5.20. The highest BCUT2D eigenvalue weighted by molar-refractivity contribution is 7.16. The molecule has 2 heterocycles. The van der Waals surface area contributed by atoms with Crippen molar-refractivity contribution in [2.45, 2.75) is 13.2 Å². The minimum Gasteiger partial charge on any atom is -0.475 e. The number of aromatic nitrogens is 2. The zero-order valence-electron chi connectivity index (χ0n) is 12.7. The van der Waals surface area contributed by atoms with Gasteiger partial charge in [-0.3, -0.25) is 4.79 Å². The van der Waals surface area contributed by atoms with Gasteiger partial charge in [-0.25, -0.2) is 14.6 Å². The Morgan fingerprint density at radius 3 is 2.60 bits per heavy atom. The first-order valence-electron chi connectivity index (χ1n) is 7.10. The largest absolute Gasteiger partial charge is 0.475 e. The van der Waals surface area contributed by atoms with Crippen molar-refractivity contribution in [3.63, 3.8) is 0 Å². The van der Waals surface area contributed by atoms with Gasteiger partial charge in [-0.05, 0) is 17.7 Å². The lowest BCUT2D eigenvalue weighted by Gasteiger charge is -2.05. The maximum absolute atomic E-state index is 12.1. The molecule has 0 aliphatic heterocycles. The lowest BCUT2D eigenvalue weighted by molar-refractivity contribution is 0.0474. The van der Waals surface area contributed by atoms with Crippen molar-refractivity contribution < 1.29 is 24.5 Å². The summed E-state index contributed by atoms with van der Waals surface area (Å²) in [5.41, 5.74) is 0.845. The van der Waals surface area contributed by atoms with E-state index in [0.717, 1.165) is 11.3 Å². The van der Waals surface area contributed by atoms with Gasteiger partial charge in [0.15, 0.2) is 0 Å². The van der Waals surface area contributed by atoms with Crippen LogP contribution in [0, 0.1) is 0 Å². The van der Waals surface area contributed by atoms with Gasteiger partial charge in [0.1, 0.15) is 11.4 Å². The number of thiophene rings is 1. The van der Waals surface area contributed by atoms with Crippen molar-refractivity contribution in [3.05, 3.63) is 62.5 Å². The maximum Gasteiger partial charge on any atom is 0.372 e. The number of H-pyrrole nitrogens is 1. The average molecular weight is 360 g/mol. The van der Waals surface area contributed by atoms with Crippen LogP contribution in [0.4, 0.5) is 0 Å². The molecule has 0 radical (unpaired) electrons. The van der Waals surface area contributed by atoms with Crippen LogP contribution in [0.15, 0.2) is 34.4 Å². The van der Waals surface area contributed by atoms with E-state index in [1.807, 2.05) is 0 Å². The van der Waals surface area contributed by atoms with Crippen molar-refractivity contribution in [3.8, 4) is 0 Å². The summed E-state index contributed by atoms with van der Waals surface area (Å²) >= 11 is 1.10. The quantitative estimate of drug-likeness (QED) is 0.588. The van der Waals surface area contributed by atoms with Gasteiger partial charge in [-0.1, -0.05) is 12.1 Å². The van der Waals surface area contributed by atoms with Crippen LogP contribution < -0.4 is 5.56 Å². The van der Waals surface area contributed by atoms with E-state index in [1.54, 1.807) is 17.5 Å². The van der Waals surface area contributed by atoms with Crippen LogP contribution in [0.2, 0.25) is 0 Å². The molecule has 0 aliphatic rings. The lowest BCUT2D eigenvalue weighted by atomic mass is 10.1. The van der Waals surface area contributed by atoms with Crippen LogP contribution >= 0.6 is 11.3 Å². The van der Waals surface area contributed by atoms with Crippen LogP contribution in [-0.4, -0.2) is 32.1 Å². The molecule has 0 aliphatic carbocycles. The number of aromatic carboxylic acids is 1. The maximum atomic E-state index is 12.1. The topological polar surface area (TPSA) is 130 Å². The standard InChI is InChI=1S/C16H12N2O6S/c19-5-8-1-3-9(4-2-8)16(23)24-6-10-7-25-14-11(10)13(20)17-12(18-14)15(21)22/h1-4,7,19H,5-6H2,(H,21,22)(H,17,18,20). The molecule has 1 aromatic carbocycles. The van der Waals surface area contributed by atoms with Gasteiger partial charge in [0.05, 0.1) is 17.6 Å². The van der Waals surface area contributed by atoms with E-state index in [4.69, 9.17) is 14.9 Å². The number of hydrogen-bond acceptors (Lipinski definition) is 7. The molecule has 0 saturated heterocycles. The number of nitrogens with one attached hydrogen (secondary N) is 1. The molecular weight excluding hydrogens is 348 g/mol. The van der Waals surface area contributed by atoms with Gasteiger partial charge in [-0.15, -0.1) is 11.3 Å². The summed E-state index contributed by atoms with van der Waals surface area (Å²) in [6.45, 7) is -0.262. The Bertz CT molecular complexity index is 1010. The number of benzene rings is 1. The number of carboxylic acid groups (broad SMARTS) is 1. The summed E-state index contributed by atoms with van der Waals surface area (Å²) in [6.07, 6.45) is 0. The first-order chi connectivity index (χ1) is 12.0. The van der Waals surface area contributed by atoms with E-state index in [2.05, 4.69) is 9.97 Å². The van der Waals surface area contributed by atoms with Crippen LogP contribution in [0.1, 0.15) is 32.1 Å². The molecule has 0 fully saturated rings. The minimum absolute atomic E-state index is 0.121. The second-order valence-corrected chi connectivity index (χ2v) is 5.95. The fourth-order valence-corrected chi connectivity index (χ4v) is 3.11. The summed E-state index contributed by atoms with van der Waals surface area (Å²) in [5, 5.41) is 19.7. The van der Waals surface area contributed by atoms with Gasteiger partial charge < -0.3 is 19.9 Å². The summed E-state index contributed by atoms with van der Waals surface area (Å²) in [6, 6.07) is 6.29. The third kappa shape index (κ3) is 3.42. The van der Waals surface area contributed by atoms with Crippen LogP contribution in [0.3, 0.4) is 0 Å². The number of carboxylic acids is 1. The Morgan fingerprint density at radius 2 is 1.96 bits per heavy atom. The molecule has 8 nitrogen and oxygen atoms in total. The minimum atomic E-state index is -1.33. The van der Waals surface area contributed by atoms with Crippen LogP contribution in [-0.2, 0) is 18.0 Å². The zero-order chi connectivity index (χ0) is 18.0. The van der Waals surface area contributed by atoms with Gasteiger partial charge in [-0.2, -0.15) is 0 Å². The molecule has 0 bridgehead atoms. The Balaban J connectivity index is 1.80. The first-order valence-corrected chi connectivity index (χ1v) is 7.98. The predicted molar refractivity (Wildman–Crippen MR) is 88.7 cm³/mol. The van der Waals surface area contributed by atoms with Gasteiger partial charge in [0.2, 0.25) is 5.82 Å². The number of esters is 1. The normalized spacial score (nSPS) is 10.8. The first kappa shape index (κ1) is 16.8. The molecule has 0 saturated carbocycles. The number of hydrogen-bond donors (Lipinski definition) is 3. The van der Waals surface area contributed by atoms with Gasteiger partial charge in [0.25, 0.3) is 5.56 Å². The van der Waals surface area contributed by atoms with Crippen molar-refractivity contribution in [2.75, 3.05) is 0 Å². The number of nitrogens with zero attached hydrogens (tertiary/aromatic N) is 1. The Kier molecular flexibility index (Phi) is 4.59. The highest BCUT2D eigenvalue weighted by atomic mass is 32.1. The molecule has 9 heteroatoms. The zero-order valence-corrected chi connectivity index (χ0v) is 13.5. The molecule has 2 aromatic heterocycles. The summed E-state index contributed by atoms with van der Waals surface area (Å²) in [5.74, 6) is -2.34. The second-order valence-electron chi connectivity index (χ2n) is 5.09. The number of carbonyl (C=O) groups is 2. The highest BCUT2D eigenvalue weighted by Gasteiger charge is 2.16. The Morgan fingerprint density at radius 1 is 1.24 bits per heavy atom. The Hall–Kier alpha value is -3.04. The van der Waals surface area contributed by atoms with E-state index >= 15 is 0 Å². The molecule has 25 heavy (non-hydrogen) atoms. The smallest absolute Gasteiger partial charge is 0.372 e. The Labute approximate surface area is 144 Å². The average Bonchev–Trinajstić information content (AvgIpc) is 3.03. The predicted octanol–water partition coefficient (Wildman–Crippen LogP) is 1.53. The third-order valence-corrected chi connectivity index (χ3v) is 4.37. The van der Waals surface area contributed by atoms with Crippen LogP contribution in [0.25, 0.3) is 10.2 Å². The lowest BCUT2D eigenvalue weighted by Crippen LogP contribution is -2.16. The van der Waals surface area contributed by atoms with Crippen molar-refractivity contribution in [2.24, 2.45) is 0 Å². The number of aliphatic hydroxyl groups excluding tert-OH is 1. The van der Waals surface area contributed by atoms with Crippen molar-refractivity contribution >= 4 is 33.5 Å². The third-order valence-electron chi connectivity index (χ3n) is 3.45. The number of fused-ring (bicyclic) bond motifs is 1. The second kappa shape index (κ2) is 6.83. The number of rotatable bonds is 5. The fraction of sp³-hybridized carbons (Fsp3) is 0.125. The molecule has 3 rings (SSSR count). The van der Waals surface area contributed by atoms with Crippen molar-refractivity contribution in [1.29, 1.82) is 0 Å².